The molecule has 1 aliphatic carbocycles. The van der Waals surface area contributed by atoms with Crippen molar-refractivity contribution in [1.29, 1.82) is 0 Å². The Morgan fingerprint density at radius 2 is 1.83 bits per heavy atom. The monoisotopic (exact) mass is 320 g/mol. The van der Waals surface area contributed by atoms with E-state index in [4.69, 9.17) is 9.47 Å². The molecule has 2 aliphatic rings. The number of hydrogen-bond donors (Lipinski definition) is 0. The van der Waals surface area contributed by atoms with Crippen LogP contribution in [-0.2, 0) is 15.9 Å². The zero-order chi connectivity index (χ0) is 16.6. The van der Waals surface area contributed by atoms with Gasteiger partial charge in [0, 0.05) is 11.0 Å². The van der Waals surface area contributed by atoms with Crippen molar-refractivity contribution in [3.8, 4) is 0 Å². The zero-order valence-corrected chi connectivity index (χ0v) is 13.6. The van der Waals surface area contributed by atoms with Crippen molar-refractivity contribution in [2.45, 2.75) is 25.7 Å². The van der Waals surface area contributed by atoms with E-state index in [2.05, 4.69) is 37.3 Å². The standard InChI is InChI=1S/C21H20O3/c1-21(12-11-15-7-5-6-10-17(15)13-21)20-23-14-18(24-20)19(22)16-8-3-2-4-9-16/h2-12,18,20H,13-14H2,1H3. The number of fused-ring (bicyclic) bond motifs is 1. The number of carbonyl (C=O) groups excluding carboxylic acids is 1. The van der Waals surface area contributed by atoms with E-state index in [0.717, 1.165) is 6.42 Å². The first-order valence-corrected chi connectivity index (χ1v) is 8.29. The molecule has 122 valence electrons. The van der Waals surface area contributed by atoms with Gasteiger partial charge in [-0.1, -0.05) is 73.7 Å². The van der Waals surface area contributed by atoms with Gasteiger partial charge in [0.25, 0.3) is 0 Å². The molecule has 0 saturated carbocycles. The van der Waals surface area contributed by atoms with Crippen LogP contribution in [0.15, 0.2) is 60.7 Å². The first kappa shape index (κ1) is 15.3. The Kier molecular flexibility index (Phi) is 3.83. The summed E-state index contributed by atoms with van der Waals surface area (Å²) in [5.41, 5.74) is 2.93. The predicted octanol–water partition coefficient (Wildman–Crippen LogP) is 3.89. The van der Waals surface area contributed by atoms with Gasteiger partial charge in [-0.05, 0) is 17.5 Å². The molecule has 0 amide bonds. The lowest BCUT2D eigenvalue weighted by Gasteiger charge is -2.34. The van der Waals surface area contributed by atoms with Crippen LogP contribution in [0.25, 0.3) is 6.08 Å². The van der Waals surface area contributed by atoms with E-state index in [-0.39, 0.29) is 11.2 Å². The third kappa shape index (κ3) is 2.70. The topological polar surface area (TPSA) is 35.5 Å². The lowest BCUT2D eigenvalue weighted by Crippen LogP contribution is -2.36. The summed E-state index contributed by atoms with van der Waals surface area (Å²) >= 11 is 0. The van der Waals surface area contributed by atoms with E-state index in [1.165, 1.54) is 11.1 Å². The average molecular weight is 320 g/mol. The van der Waals surface area contributed by atoms with Gasteiger partial charge in [-0.3, -0.25) is 4.79 Å². The van der Waals surface area contributed by atoms with Crippen LogP contribution >= 0.6 is 0 Å². The van der Waals surface area contributed by atoms with Gasteiger partial charge >= 0.3 is 0 Å². The maximum atomic E-state index is 12.6. The van der Waals surface area contributed by atoms with Gasteiger partial charge in [0.05, 0.1) is 6.61 Å². The fourth-order valence-electron chi connectivity index (χ4n) is 3.44. The van der Waals surface area contributed by atoms with Crippen LogP contribution in [0.2, 0.25) is 0 Å². The summed E-state index contributed by atoms with van der Waals surface area (Å²) in [4.78, 5) is 12.6. The summed E-state index contributed by atoms with van der Waals surface area (Å²) in [6.45, 7) is 2.43. The van der Waals surface area contributed by atoms with Crippen LogP contribution in [0.4, 0.5) is 0 Å². The molecule has 0 aromatic heterocycles. The zero-order valence-electron chi connectivity index (χ0n) is 13.6. The second-order valence-corrected chi connectivity index (χ2v) is 6.74. The number of ether oxygens (including phenoxy) is 2. The molecule has 0 radical (unpaired) electrons. The van der Waals surface area contributed by atoms with E-state index in [9.17, 15) is 4.79 Å². The number of benzene rings is 2. The van der Waals surface area contributed by atoms with Crippen molar-refractivity contribution in [2.24, 2.45) is 5.41 Å². The molecule has 0 N–H and O–H groups in total. The highest BCUT2D eigenvalue weighted by molar-refractivity contribution is 5.99. The smallest absolute Gasteiger partial charge is 0.194 e. The van der Waals surface area contributed by atoms with E-state index >= 15 is 0 Å². The van der Waals surface area contributed by atoms with Crippen molar-refractivity contribution in [1.82, 2.24) is 0 Å². The van der Waals surface area contributed by atoms with Crippen LogP contribution < -0.4 is 0 Å². The summed E-state index contributed by atoms with van der Waals surface area (Å²) in [5.74, 6) is -0.0121. The van der Waals surface area contributed by atoms with Crippen LogP contribution in [0.3, 0.4) is 0 Å². The lowest BCUT2D eigenvalue weighted by molar-refractivity contribution is -0.115. The van der Waals surface area contributed by atoms with Gasteiger partial charge in [-0.25, -0.2) is 0 Å². The minimum atomic E-state index is -0.528. The SMILES string of the molecule is CC1(C2OCC(C(=O)c3ccccc3)O2)C=Cc2ccccc2C1. The highest BCUT2D eigenvalue weighted by Crippen LogP contribution is 2.39. The lowest BCUT2D eigenvalue weighted by atomic mass is 9.77. The van der Waals surface area contributed by atoms with Crippen molar-refractivity contribution >= 4 is 11.9 Å². The predicted molar refractivity (Wildman–Crippen MR) is 92.7 cm³/mol. The van der Waals surface area contributed by atoms with E-state index in [0.29, 0.717) is 12.2 Å². The van der Waals surface area contributed by atoms with Gasteiger partial charge < -0.3 is 9.47 Å². The Labute approximate surface area is 141 Å². The fraction of sp³-hybridized carbons (Fsp3) is 0.286. The van der Waals surface area contributed by atoms with Gasteiger partial charge in [0.15, 0.2) is 12.1 Å². The highest BCUT2D eigenvalue weighted by atomic mass is 16.7. The fourth-order valence-corrected chi connectivity index (χ4v) is 3.44. The number of hydrogen-bond acceptors (Lipinski definition) is 3. The Morgan fingerprint density at radius 3 is 2.67 bits per heavy atom. The summed E-state index contributed by atoms with van der Waals surface area (Å²) in [6.07, 6.45) is 4.18. The molecule has 2 aromatic rings. The second-order valence-electron chi connectivity index (χ2n) is 6.74. The molecule has 3 unspecified atom stereocenters. The van der Waals surface area contributed by atoms with Gasteiger partial charge in [0.2, 0.25) is 0 Å². The third-order valence-corrected chi connectivity index (χ3v) is 4.85. The Balaban J connectivity index is 1.50. The molecule has 4 rings (SSSR count). The molecule has 1 heterocycles. The minimum Gasteiger partial charge on any atom is -0.348 e. The molecule has 2 aromatic carbocycles. The summed E-state index contributed by atoms with van der Waals surface area (Å²) in [7, 11) is 0. The average Bonchev–Trinajstić information content (AvgIpc) is 3.13. The molecular weight excluding hydrogens is 300 g/mol. The van der Waals surface area contributed by atoms with Crippen molar-refractivity contribution in [2.75, 3.05) is 6.61 Å². The van der Waals surface area contributed by atoms with Gasteiger partial charge in [-0.2, -0.15) is 0 Å². The quantitative estimate of drug-likeness (QED) is 0.805. The van der Waals surface area contributed by atoms with E-state index in [1.807, 2.05) is 36.4 Å². The van der Waals surface area contributed by atoms with Crippen LogP contribution in [0.1, 0.15) is 28.4 Å². The third-order valence-electron chi connectivity index (χ3n) is 4.85. The highest BCUT2D eigenvalue weighted by Gasteiger charge is 2.43. The van der Waals surface area contributed by atoms with Crippen LogP contribution in [0, 0.1) is 5.41 Å². The van der Waals surface area contributed by atoms with Crippen molar-refractivity contribution in [3.05, 3.63) is 77.4 Å². The summed E-state index contributed by atoms with van der Waals surface area (Å²) < 4.78 is 11.9. The molecule has 1 aliphatic heterocycles. The number of rotatable bonds is 3. The molecule has 1 fully saturated rings. The first-order valence-electron chi connectivity index (χ1n) is 8.29. The molecule has 1 saturated heterocycles. The van der Waals surface area contributed by atoms with Crippen LogP contribution in [0.5, 0.6) is 0 Å². The summed E-state index contributed by atoms with van der Waals surface area (Å²) in [5, 5.41) is 0. The molecular formula is C21H20O3. The number of Topliss-reactive ketones (excluding diaryl/α,β-unsaturated/α-hetero) is 1. The maximum absolute atomic E-state index is 12.6. The van der Waals surface area contributed by atoms with Gasteiger partial charge in [0.1, 0.15) is 6.10 Å². The Morgan fingerprint density at radius 1 is 1.08 bits per heavy atom. The number of carbonyl (C=O) groups is 1. The van der Waals surface area contributed by atoms with Crippen molar-refractivity contribution < 1.29 is 14.3 Å². The first-order chi connectivity index (χ1) is 11.7. The molecule has 3 atom stereocenters. The Bertz CT molecular complexity index is 781. The molecule has 24 heavy (non-hydrogen) atoms. The Hall–Kier alpha value is -2.23. The second kappa shape index (κ2) is 6.00. The number of ketones is 1. The minimum absolute atomic E-state index is 0.0121. The summed E-state index contributed by atoms with van der Waals surface area (Å²) in [6, 6.07) is 17.6. The molecule has 3 heteroatoms. The van der Waals surface area contributed by atoms with E-state index in [1.54, 1.807) is 0 Å². The van der Waals surface area contributed by atoms with Crippen LogP contribution in [-0.4, -0.2) is 24.8 Å². The normalized spacial score (nSPS) is 28.5. The largest absolute Gasteiger partial charge is 0.348 e. The molecule has 3 nitrogen and oxygen atoms in total. The van der Waals surface area contributed by atoms with Gasteiger partial charge in [-0.15, -0.1) is 0 Å². The molecule has 0 bridgehead atoms. The maximum Gasteiger partial charge on any atom is 0.194 e. The van der Waals surface area contributed by atoms with E-state index < -0.39 is 12.4 Å². The molecule has 0 spiro atoms. The van der Waals surface area contributed by atoms with Crippen molar-refractivity contribution in [3.63, 3.8) is 0 Å².